The molecule has 0 radical (unpaired) electrons. The van der Waals surface area contributed by atoms with Crippen LogP contribution in [-0.4, -0.2) is 4.98 Å². The Kier molecular flexibility index (Phi) is 3.35. The van der Waals surface area contributed by atoms with Crippen LogP contribution in [-0.2, 0) is 5.75 Å². The van der Waals surface area contributed by atoms with Gasteiger partial charge in [0.05, 0.1) is 10.2 Å². The molecule has 0 bridgehead atoms. The zero-order valence-electron chi connectivity index (χ0n) is 10.1. The molecule has 0 saturated carbocycles. The van der Waals surface area contributed by atoms with E-state index >= 15 is 0 Å². The first-order valence-electron chi connectivity index (χ1n) is 5.85. The molecule has 18 heavy (non-hydrogen) atoms. The minimum Gasteiger partial charge on any atom is -0.230 e. The van der Waals surface area contributed by atoms with Gasteiger partial charge >= 0.3 is 0 Å². The van der Waals surface area contributed by atoms with Gasteiger partial charge < -0.3 is 0 Å². The predicted molar refractivity (Wildman–Crippen MR) is 80.4 cm³/mol. The van der Waals surface area contributed by atoms with E-state index in [0.717, 1.165) is 15.6 Å². The van der Waals surface area contributed by atoms with E-state index in [1.165, 1.54) is 15.8 Å². The fourth-order valence-electron chi connectivity index (χ4n) is 1.80. The number of hydrogen-bond donors (Lipinski definition) is 0. The Morgan fingerprint density at radius 3 is 2.78 bits per heavy atom. The summed E-state index contributed by atoms with van der Waals surface area (Å²) in [6, 6.07) is 17.0. The number of fused-ring (bicyclic) bond motifs is 1. The summed E-state index contributed by atoms with van der Waals surface area (Å²) in [6.45, 7) is 2.11. The van der Waals surface area contributed by atoms with Crippen molar-refractivity contribution in [3.63, 3.8) is 0 Å². The number of aromatic nitrogens is 1. The quantitative estimate of drug-likeness (QED) is 0.629. The lowest BCUT2D eigenvalue weighted by Gasteiger charge is -1.97. The van der Waals surface area contributed by atoms with Crippen LogP contribution in [0, 0.1) is 6.92 Å². The third-order valence-electron chi connectivity index (χ3n) is 2.73. The van der Waals surface area contributed by atoms with Gasteiger partial charge in [0, 0.05) is 5.75 Å². The smallest absolute Gasteiger partial charge is 0.151 e. The predicted octanol–water partition coefficient (Wildman–Crippen LogP) is 4.90. The summed E-state index contributed by atoms with van der Waals surface area (Å²) in [4.78, 5) is 4.67. The highest BCUT2D eigenvalue weighted by atomic mass is 32.2. The van der Waals surface area contributed by atoms with Gasteiger partial charge in [0.2, 0.25) is 0 Å². The first kappa shape index (κ1) is 11.8. The van der Waals surface area contributed by atoms with E-state index in [2.05, 4.69) is 60.4 Å². The van der Waals surface area contributed by atoms with Crippen LogP contribution in [0.5, 0.6) is 0 Å². The molecule has 0 N–H and O–H groups in total. The molecule has 3 heteroatoms. The SMILES string of the molecule is Cc1ccc2sc(SCc3ccccc3)nc2c1. The molecular formula is C15H13NS2. The molecule has 90 valence electrons. The van der Waals surface area contributed by atoms with Gasteiger partial charge in [-0.25, -0.2) is 4.98 Å². The molecular weight excluding hydrogens is 258 g/mol. The molecule has 2 aromatic carbocycles. The van der Waals surface area contributed by atoms with Crippen molar-refractivity contribution in [2.75, 3.05) is 0 Å². The van der Waals surface area contributed by atoms with Crippen LogP contribution in [0.15, 0.2) is 52.9 Å². The van der Waals surface area contributed by atoms with Gasteiger partial charge in [0.15, 0.2) is 4.34 Å². The summed E-state index contributed by atoms with van der Waals surface area (Å²) >= 11 is 3.59. The van der Waals surface area contributed by atoms with E-state index < -0.39 is 0 Å². The highest BCUT2D eigenvalue weighted by molar-refractivity contribution is 8.00. The number of aryl methyl sites for hydroxylation is 1. The van der Waals surface area contributed by atoms with Gasteiger partial charge in [-0.1, -0.05) is 48.2 Å². The molecule has 0 saturated heterocycles. The second-order valence-electron chi connectivity index (χ2n) is 4.23. The van der Waals surface area contributed by atoms with Gasteiger partial charge in [0.25, 0.3) is 0 Å². The molecule has 0 aliphatic carbocycles. The summed E-state index contributed by atoms with van der Waals surface area (Å²) < 4.78 is 2.43. The molecule has 3 aromatic rings. The molecule has 1 aromatic heterocycles. The second-order valence-corrected chi connectivity index (χ2v) is 6.48. The molecule has 0 aliphatic rings. The first-order valence-corrected chi connectivity index (χ1v) is 7.65. The summed E-state index contributed by atoms with van der Waals surface area (Å²) in [5.74, 6) is 0.986. The van der Waals surface area contributed by atoms with Crippen molar-refractivity contribution < 1.29 is 0 Å². The zero-order chi connectivity index (χ0) is 12.4. The van der Waals surface area contributed by atoms with Crippen LogP contribution in [0.3, 0.4) is 0 Å². The van der Waals surface area contributed by atoms with Crippen molar-refractivity contribution in [1.29, 1.82) is 0 Å². The monoisotopic (exact) mass is 271 g/mol. The lowest BCUT2D eigenvalue weighted by Crippen LogP contribution is -1.78. The fourth-order valence-corrected chi connectivity index (χ4v) is 3.80. The van der Waals surface area contributed by atoms with Crippen LogP contribution in [0.2, 0.25) is 0 Å². The van der Waals surface area contributed by atoms with Gasteiger partial charge in [-0.2, -0.15) is 0 Å². The van der Waals surface area contributed by atoms with Crippen LogP contribution in [0.4, 0.5) is 0 Å². The normalized spacial score (nSPS) is 10.9. The van der Waals surface area contributed by atoms with Crippen LogP contribution in [0.1, 0.15) is 11.1 Å². The van der Waals surface area contributed by atoms with Crippen molar-refractivity contribution in [2.24, 2.45) is 0 Å². The molecule has 0 atom stereocenters. The Morgan fingerprint density at radius 1 is 1.11 bits per heavy atom. The lowest BCUT2D eigenvalue weighted by molar-refractivity contribution is 1.28. The minimum absolute atomic E-state index is 0.986. The highest BCUT2D eigenvalue weighted by Crippen LogP contribution is 2.31. The minimum atomic E-state index is 0.986. The number of benzene rings is 2. The molecule has 3 rings (SSSR count). The first-order chi connectivity index (χ1) is 8.81. The number of thioether (sulfide) groups is 1. The summed E-state index contributed by atoms with van der Waals surface area (Å²) in [5, 5.41) is 0. The standard InChI is InChI=1S/C15H13NS2/c1-11-7-8-14-13(9-11)16-15(18-14)17-10-12-5-3-2-4-6-12/h2-9H,10H2,1H3. The molecule has 0 amide bonds. The van der Waals surface area contributed by atoms with Crippen LogP contribution in [0.25, 0.3) is 10.2 Å². The third-order valence-corrected chi connectivity index (χ3v) is 4.98. The van der Waals surface area contributed by atoms with Gasteiger partial charge in [-0.15, -0.1) is 11.3 Å². The Balaban J connectivity index is 1.79. The molecule has 1 nitrogen and oxygen atoms in total. The molecule has 0 aliphatic heterocycles. The van der Waals surface area contributed by atoms with E-state index in [4.69, 9.17) is 0 Å². The van der Waals surface area contributed by atoms with Crippen molar-refractivity contribution in [3.8, 4) is 0 Å². The van der Waals surface area contributed by atoms with E-state index in [-0.39, 0.29) is 0 Å². The summed E-state index contributed by atoms with van der Waals surface area (Å²) in [6.07, 6.45) is 0. The average Bonchev–Trinajstić information content (AvgIpc) is 2.79. The average molecular weight is 271 g/mol. The van der Waals surface area contributed by atoms with Crippen molar-refractivity contribution in [2.45, 2.75) is 17.0 Å². The Bertz CT molecular complexity index is 659. The van der Waals surface area contributed by atoms with Gasteiger partial charge in [0.1, 0.15) is 0 Å². The van der Waals surface area contributed by atoms with Crippen LogP contribution >= 0.6 is 23.1 Å². The lowest BCUT2D eigenvalue weighted by atomic mass is 10.2. The molecule has 0 spiro atoms. The topological polar surface area (TPSA) is 12.9 Å². The van der Waals surface area contributed by atoms with E-state index in [0.29, 0.717) is 0 Å². The zero-order valence-corrected chi connectivity index (χ0v) is 11.7. The molecule has 0 fully saturated rings. The van der Waals surface area contributed by atoms with E-state index in [1.807, 2.05) is 11.8 Å². The number of nitrogens with zero attached hydrogens (tertiary/aromatic N) is 1. The van der Waals surface area contributed by atoms with E-state index in [1.54, 1.807) is 11.3 Å². The van der Waals surface area contributed by atoms with E-state index in [9.17, 15) is 0 Å². The fraction of sp³-hybridized carbons (Fsp3) is 0.133. The summed E-state index contributed by atoms with van der Waals surface area (Å²) in [7, 11) is 0. The largest absolute Gasteiger partial charge is 0.230 e. The van der Waals surface area contributed by atoms with Gasteiger partial charge in [-0.05, 0) is 30.2 Å². The van der Waals surface area contributed by atoms with Crippen molar-refractivity contribution in [1.82, 2.24) is 4.98 Å². The second kappa shape index (κ2) is 5.12. The van der Waals surface area contributed by atoms with Crippen molar-refractivity contribution in [3.05, 3.63) is 59.7 Å². The number of hydrogen-bond acceptors (Lipinski definition) is 3. The highest BCUT2D eigenvalue weighted by Gasteiger charge is 2.04. The Hall–Kier alpha value is -1.32. The van der Waals surface area contributed by atoms with Crippen LogP contribution < -0.4 is 0 Å². The maximum Gasteiger partial charge on any atom is 0.151 e. The van der Waals surface area contributed by atoms with Crippen molar-refractivity contribution >= 4 is 33.3 Å². The Morgan fingerprint density at radius 2 is 1.94 bits per heavy atom. The molecule has 0 unspecified atom stereocenters. The summed E-state index contributed by atoms with van der Waals surface area (Å²) in [5.41, 5.74) is 3.74. The number of rotatable bonds is 3. The van der Waals surface area contributed by atoms with Gasteiger partial charge in [-0.3, -0.25) is 0 Å². The maximum absolute atomic E-state index is 4.67. The number of thiazole rings is 1. The maximum atomic E-state index is 4.67. The third kappa shape index (κ3) is 2.57. The Labute approximate surface area is 115 Å². The molecule has 1 heterocycles.